The fourth-order valence-electron chi connectivity index (χ4n) is 2.35. The molecule has 2 aromatic rings. The van der Waals surface area contributed by atoms with Crippen molar-refractivity contribution in [3.63, 3.8) is 0 Å². The van der Waals surface area contributed by atoms with E-state index >= 15 is 0 Å². The van der Waals surface area contributed by atoms with Gasteiger partial charge in [0.2, 0.25) is 5.91 Å². The molecule has 0 fully saturated rings. The molecular weight excluding hydrogens is 457 g/mol. The molecule has 0 aliphatic rings. The fraction of sp³-hybridized carbons (Fsp3) is 0.278. The predicted molar refractivity (Wildman–Crippen MR) is 104 cm³/mol. The van der Waals surface area contributed by atoms with Crippen molar-refractivity contribution in [2.45, 2.75) is 13.2 Å². The van der Waals surface area contributed by atoms with Gasteiger partial charge in [-0.05, 0) is 71.6 Å². The van der Waals surface area contributed by atoms with Crippen molar-refractivity contribution in [3.8, 4) is 11.5 Å². The number of carbonyl (C=O) groups excluding carboxylic acids is 1. The number of methoxy groups -OCH3 is 1. The number of carbonyl (C=O) groups is 1. The third-order valence-corrected chi connectivity index (χ3v) is 4.16. The van der Waals surface area contributed by atoms with E-state index in [0.717, 1.165) is 14.8 Å². The number of likely N-dealkylation sites (N-methyl/N-ethyl adjacent to an activating group) is 1. The van der Waals surface area contributed by atoms with E-state index in [1.165, 1.54) is 13.2 Å². The van der Waals surface area contributed by atoms with Gasteiger partial charge in [0, 0.05) is 15.8 Å². The van der Waals surface area contributed by atoms with Gasteiger partial charge in [-0.25, -0.2) is 0 Å². The van der Waals surface area contributed by atoms with Crippen molar-refractivity contribution in [1.29, 1.82) is 0 Å². The Labute approximate surface area is 164 Å². The Kier molecular flexibility index (Phi) is 7.58. The van der Waals surface area contributed by atoms with Crippen molar-refractivity contribution in [2.24, 2.45) is 0 Å². The Hall–Kier alpha value is -1.94. The largest absolute Gasteiger partial charge is 0.493 e. The van der Waals surface area contributed by atoms with Crippen LogP contribution in [0.15, 0.2) is 42.5 Å². The maximum atomic E-state index is 12.4. The summed E-state index contributed by atoms with van der Waals surface area (Å²) in [6.07, 6.45) is 0. The lowest BCUT2D eigenvalue weighted by molar-refractivity contribution is -0.117. The van der Waals surface area contributed by atoms with Gasteiger partial charge in [0.25, 0.3) is 0 Å². The molecule has 0 radical (unpaired) electrons. The zero-order valence-electron chi connectivity index (χ0n) is 14.3. The number of alkyl halides is 2. The van der Waals surface area contributed by atoms with Gasteiger partial charge in [0.15, 0.2) is 11.5 Å². The Morgan fingerprint density at radius 3 is 2.50 bits per heavy atom. The number of ether oxygens (including phenoxy) is 2. The zero-order chi connectivity index (χ0) is 19.1. The zero-order valence-corrected chi connectivity index (χ0v) is 16.5. The van der Waals surface area contributed by atoms with Crippen LogP contribution in [0.2, 0.25) is 0 Å². The molecule has 0 aliphatic carbocycles. The van der Waals surface area contributed by atoms with E-state index in [0.29, 0.717) is 6.54 Å². The normalized spacial score (nSPS) is 10.9. The standard InChI is InChI=1S/C18H19F2IN2O3/c1-23(11-17(24)22-14-6-4-13(21)5-7-14)10-12-3-8-15(26-18(19)20)16(9-12)25-2/h3-9,18H,10-11H2,1-2H3,(H,22,24). The molecule has 0 aliphatic heterocycles. The summed E-state index contributed by atoms with van der Waals surface area (Å²) in [5, 5.41) is 2.83. The van der Waals surface area contributed by atoms with Crippen molar-refractivity contribution >= 4 is 34.2 Å². The van der Waals surface area contributed by atoms with Crippen LogP contribution in [0.25, 0.3) is 0 Å². The predicted octanol–water partition coefficient (Wildman–Crippen LogP) is 3.97. The summed E-state index contributed by atoms with van der Waals surface area (Å²) >= 11 is 2.20. The Morgan fingerprint density at radius 1 is 1.19 bits per heavy atom. The molecule has 0 atom stereocenters. The third-order valence-electron chi connectivity index (χ3n) is 3.44. The molecule has 2 aromatic carbocycles. The van der Waals surface area contributed by atoms with E-state index in [-0.39, 0.29) is 24.0 Å². The molecule has 0 saturated carbocycles. The van der Waals surface area contributed by atoms with Gasteiger partial charge in [-0.1, -0.05) is 6.07 Å². The van der Waals surface area contributed by atoms with Gasteiger partial charge in [-0.2, -0.15) is 8.78 Å². The molecule has 26 heavy (non-hydrogen) atoms. The van der Waals surface area contributed by atoms with Crippen LogP contribution in [0.4, 0.5) is 14.5 Å². The first kappa shape index (κ1) is 20.4. The number of hydrogen-bond donors (Lipinski definition) is 1. The second-order valence-corrected chi connectivity index (χ2v) is 6.84. The average molecular weight is 476 g/mol. The molecule has 2 rings (SSSR count). The summed E-state index contributed by atoms with van der Waals surface area (Å²) in [6, 6.07) is 12.2. The summed E-state index contributed by atoms with van der Waals surface area (Å²) in [4.78, 5) is 13.9. The van der Waals surface area contributed by atoms with E-state index in [1.807, 2.05) is 29.2 Å². The average Bonchev–Trinajstić information content (AvgIpc) is 2.57. The quantitative estimate of drug-likeness (QED) is 0.587. The first-order valence-electron chi connectivity index (χ1n) is 7.73. The van der Waals surface area contributed by atoms with Gasteiger partial charge in [-0.3, -0.25) is 9.69 Å². The lowest BCUT2D eigenvalue weighted by Crippen LogP contribution is -2.29. The Morgan fingerprint density at radius 2 is 1.88 bits per heavy atom. The molecule has 0 spiro atoms. The number of amides is 1. The molecule has 1 N–H and O–H groups in total. The topological polar surface area (TPSA) is 50.8 Å². The van der Waals surface area contributed by atoms with Gasteiger partial charge >= 0.3 is 6.61 Å². The smallest absolute Gasteiger partial charge is 0.387 e. The van der Waals surface area contributed by atoms with Crippen LogP contribution in [-0.2, 0) is 11.3 Å². The van der Waals surface area contributed by atoms with Crippen molar-refractivity contribution in [3.05, 3.63) is 51.6 Å². The fourth-order valence-corrected chi connectivity index (χ4v) is 2.71. The monoisotopic (exact) mass is 476 g/mol. The molecule has 140 valence electrons. The highest BCUT2D eigenvalue weighted by Crippen LogP contribution is 2.29. The van der Waals surface area contributed by atoms with Gasteiger partial charge in [0.05, 0.1) is 13.7 Å². The molecule has 0 aromatic heterocycles. The highest BCUT2D eigenvalue weighted by atomic mass is 127. The van der Waals surface area contributed by atoms with E-state index in [9.17, 15) is 13.6 Å². The van der Waals surface area contributed by atoms with Crippen LogP contribution in [0.5, 0.6) is 11.5 Å². The lowest BCUT2D eigenvalue weighted by atomic mass is 10.2. The van der Waals surface area contributed by atoms with E-state index < -0.39 is 6.61 Å². The Bertz CT molecular complexity index is 742. The molecule has 5 nitrogen and oxygen atoms in total. The second kappa shape index (κ2) is 9.67. The number of rotatable bonds is 8. The summed E-state index contributed by atoms with van der Waals surface area (Å²) in [5.74, 6) is 0.0585. The SMILES string of the molecule is COc1cc(CN(C)CC(=O)Nc2ccc(I)cc2)ccc1OC(F)F. The third kappa shape index (κ3) is 6.41. The molecule has 0 saturated heterocycles. The maximum absolute atomic E-state index is 12.4. The molecule has 0 unspecified atom stereocenters. The molecule has 8 heteroatoms. The lowest BCUT2D eigenvalue weighted by Gasteiger charge is -2.18. The van der Waals surface area contributed by atoms with Crippen molar-refractivity contribution in [2.75, 3.05) is 26.0 Å². The number of hydrogen-bond acceptors (Lipinski definition) is 4. The van der Waals surface area contributed by atoms with Crippen LogP contribution in [0, 0.1) is 3.57 Å². The minimum absolute atomic E-state index is 0.0228. The van der Waals surface area contributed by atoms with Crippen LogP contribution < -0.4 is 14.8 Å². The first-order valence-corrected chi connectivity index (χ1v) is 8.81. The van der Waals surface area contributed by atoms with Crippen LogP contribution >= 0.6 is 22.6 Å². The summed E-state index contributed by atoms with van der Waals surface area (Å²) in [7, 11) is 3.18. The summed E-state index contributed by atoms with van der Waals surface area (Å²) < 4.78 is 35.3. The van der Waals surface area contributed by atoms with Crippen molar-refractivity contribution < 1.29 is 23.0 Å². The molecule has 0 bridgehead atoms. The highest BCUT2D eigenvalue weighted by Gasteiger charge is 2.13. The van der Waals surface area contributed by atoms with Gasteiger partial charge < -0.3 is 14.8 Å². The van der Waals surface area contributed by atoms with Crippen LogP contribution in [0.3, 0.4) is 0 Å². The maximum Gasteiger partial charge on any atom is 0.387 e. The molecule has 1 amide bonds. The van der Waals surface area contributed by atoms with E-state index in [2.05, 4.69) is 32.6 Å². The first-order chi connectivity index (χ1) is 12.4. The van der Waals surface area contributed by atoms with Gasteiger partial charge in [0.1, 0.15) is 0 Å². The second-order valence-electron chi connectivity index (χ2n) is 5.59. The minimum Gasteiger partial charge on any atom is -0.493 e. The van der Waals surface area contributed by atoms with Crippen LogP contribution in [-0.4, -0.2) is 38.1 Å². The van der Waals surface area contributed by atoms with Crippen LogP contribution in [0.1, 0.15) is 5.56 Å². The van der Waals surface area contributed by atoms with Crippen molar-refractivity contribution in [1.82, 2.24) is 4.90 Å². The summed E-state index contributed by atoms with van der Waals surface area (Å²) in [5.41, 5.74) is 1.55. The van der Waals surface area contributed by atoms with E-state index in [4.69, 9.17) is 4.74 Å². The number of nitrogens with zero attached hydrogens (tertiary/aromatic N) is 1. The number of nitrogens with one attached hydrogen (secondary N) is 1. The number of benzene rings is 2. The van der Waals surface area contributed by atoms with E-state index in [1.54, 1.807) is 19.2 Å². The minimum atomic E-state index is -2.91. The summed E-state index contributed by atoms with van der Waals surface area (Å²) in [6.45, 7) is -2.28. The van der Waals surface area contributed by atoms with Gasteiger partial charge in [-0.15, -0.1) is 0 Å². The Balaban J connectivity index is 1.93. The molecule has 0 heterocycles. The highest BCUT2D eigenvalue weighted by molar-refractivity contribution is 14.1. The number of anilines is 1. The molecular formula is C18H19F2IN2O3. The number of halogens is 3.